The fourth-order valence-corrected chi connectivity index (χ4v) is 2.74. The summed E-state index contributed by atoms with van der Waals surface area (Å²) in [6.07, 6.45) is 0.933. The molecule has 0 aliphatic carbocycles. The van der Waals surface area contributed by atoms with Crippen LogP contribution in [0.25, 0.3) is 0 Å². The Bertz CT molecular complexity index is 792. The average molecular weight is 527 g/mol. The van der Waals surface area contributed by atoms with E-state index in [0.29, 0.717) is 5.96 Å². The molecule has 1 amide bonds. The van der Waals surface area contributed by atoms with Gasteiger partial charge in [0.2, 0.25) is 5.91 Å². The van der Waals surface area contributed by atoms with Crippen LogP contribution in [-0.4, -0.2) is 57.5 Å². The van der Waals surface area contributed by atoms with Crippen molar-refractivity contribution in [1.82, 2.24) is 15.5 Å². The number of hydrogen-bond donors (Lipinski definition) is 2. The Labute approximate surface area is 196 Å². The number of rotatable bonds is 9. The van der Waals surface area contributed by atoms with Crippen LogP contribution in [0.15, 0.2) is 51.9 Å². The lowest BCUT2D eigenvalue weighted by Crippen LogP contribution is -2.40. The molecule has 2 aromatic rings. The third kappa shape index (κ3) is 8.64. The molecule has 0 spiro atoms. The van der Waals surface area contributed by atoms with Crippen LogP contribution in [0.2, 0.25) is 0 Å². The molecule has 0 aliphatic heterocycles. The second-order valence-electron chi connectivity index (χ2n) is 7.30. The summed E-state index contributed by atoms with van der Waals surface area (Å²) in [4.78, 5) is 20.1. The Morgan fingerprint density at radius 2 is 1.83 bits per heavy atom. The van der Waals surface area contributed by atoms with Crippen molar-refractivity contribution >= 4 is 41.5 Å². The first-order chi connectivity index (χ1) is 13.9. The summed E-state index contributed by atoms with van der Waals surface area (Å²) < 4.78 is 5.69. The molecule has 0 radical (unpaired) electrons. The fraction of sp³-hybridized carbons (Fsp3) is 0.455. The standard InChI is InChI=1S/C22H33N5O2.HI/c1-17-12-13-20(29-17)18(2)25-22(24-16-21(28)26(3)4)23-14-9-15-27(5)19-10-7-6-8-11-19;/h6-8,10-13,18H,9,14-16H2,1-5H3,(H2,23,24,25);1H. The molecule has 0 saturated heterocycles. The molecule has 1 atom stereocenters. The van der Waals surface area contributed by atoms with Gasteiger partial charge in [-0.25, -0.2) is 4.99 Å². The van der Waals surface area contributed by atoms with E-state index in [2.05, 4.69) is 39.7 Å². The van der Waals surface area contributed by atoms with Gasteiger partial charge in [0.1, 0.15) is 18.1 Å². The number of para-hydroxylation sites is 1. The van der Waals surface area contributed by atoms with Gasteiger partial charge in [-0.05, 0) is 44.5 Å². The number of nitrogens with zero attached hydrogens (tertiary/aromatic N) is 3. The normalized spacial score (nSPS) is 12.0. The second kappa shape index (κ2) is 13.1. The number of amides is 1. The Hall–Kier alpha value is -2.23. The summed E-state index contributed by atoms with van der Waals surface area (Å²) in [5.74, 6) is 2.26. The van der Waals surface area contributed by atoms with Crippen LogP contribution in [0, 0.1) is 6.92 Å². The number of benzene rings is 1. The predicted molar refractivity (Wildman–Crippen MR) is 134 cm³/mol. The number of carbonyl (C=O) groups excluding carboxylic acids is 1. The molecule has 166 valence electrons. The maximum Gasteiger partial charge on any atom is 0.243 e. The number of carbonyl (C=O) groups is 1. The SMILES string of the molecule is Cc1ccc(C(C)NC(=NCC(=O)N(C)C)NCCCN(C)c2ccccc2)o1.I. The first-order valence-corrected chi connectivity index (χ1v) is 9.94. The Morgan fingerprint density at radius 3 is 2.43 bits per heavy atom. The molecule has 7 nitrogen and oxygen atoms in total. The van der Waals surface area contributed by atoms with Gasteiger partial charge in [0, 0.05) is 39.9 Å². The van der Waals surface area contributed by atoms with Crippen LogP contribution in [0.3, 0.4) is 0 Å². The van der Waals surface area contributed by atoms with Crippen molar-refractivity contribution in [2.75, 3.05) is 45.7 Å². The van der Waals surface area contributed by atoms with E-state index in [4.69, 9.17) is 4.42 Å². The first kappa shape index (κ1) is 25.8. The van der Waals surface area contributed by atoms with E-state index < -0.39 is 0 Å². The summed E-state index contributed by atoms with van der Waals surface area (Å²) in [5, 5.41) is 6.65. The van der Waals surface area contributed by atoms with Crippen LogP contribution in [0.1, 0.15) is 30.9 Å². The van der Waals surface area contributed by atoms with Crippen LogP contribution in [-0.2, 0) is 4.79 Å². The van der Waals surface area contributed by atoms with Crippen molar-refractivity contribution < 1.29 is 9.21 Å². The van der Waals surface area contributed by atoms with Gasteiger partial charge in [-0.3, -0.25) is 4.79 Å². The molecule has 30 heavy (non-hydrogen) atoms. The summed E-state index contributed by atoms with van der Waals surface area (Å²) in [6, 6.07) is 14.1. The fourth-order valence-electron chi connectivity index (χ4n) is 2.74. The zero-order valence-electron chi connectivity index (χ0n) is 18.5. The molecular formula is C22H34IN5O2. The van der Waals surface area contributed by atoms with Crippen LogP contribution >= 0.6 is 24.0 Å². The largest absolute Gasteiger partial charge is 0.464 e. The maximum atomic E-state index is 11.9. The molecule has 0 bridgehead atoms. The van der Waals surface area contributed by atoms with Gasteiger partial charge < -0.3 is 24.9 Å². The van der Waals surface area contributed by atoms with Gasteiger partial charge in [-0.15, -0.1) is 24.0 Å². The molecule has 8 heteroatoms. The average Bonchev–Trinajstić information content (AvgIpc) is 3.15. The number of halogens is 1. The number of anilines is 1. The summed E-state index contributed by atoms with van der Waals surface area (Å²) >= 11 is 0. The minimum Gasteiger partial charge on any atom is -0.464 e. The Morgan fingerprint density at radius 1 is 1.13 bits per heavy atom. The molecule has 0 saturated carbocycles. The van der Waals surface area contributed by atoms with Crippen molar-refractivity contribution in [2.24, 2.45) is 4.99 Å². The van der Waals surface area contributed by atoms with E-state index in [1.165, 1.54) is 10.6 Å². The lowest BCUT2D eigenvalue weighted by Gasteiger charge is -2.20. The number of nitrogens with one attached hydrogen (secondary N) is 2. The summed E-state index contributed by atoms with van der Waals surface area (Å²) in [6.45, 7) is 5.67. The third-order valence-corrected chi connectivity index (χ3v) is 4.57. The third-order valence-electron chi connectivity index (χ3n) is 4.57. The highest BCUT2D eigenvalue weighted by atomic mass is 127. The number of likely N-dealkylation sites (N-methyl/N-ethyl adjacent to an activating group) is 1. The van der Waals surface area contributed by atoms with Crippen molar-refractivity contribution in [3.05, 3.63) is 54.0 Å². The number of furan rings is 1. The Balaban J connectivity index is 0.00000450. The predicted octanol–water partition coefficient (Wildman–Crippen LogP) is 3.42. The highest BCUT2D eigenvalue weighted by molar-refractivity contribution is 14.0. The van der Waals surface area contributed by atoms with Gasteiger partial charge >= 0.3 is 0 Å². The highest BCUT2D eigenvalue weighted by Crippen LogP contribution is 2.15. The molecule has 1 heterocycles. The lowest BCUT2D eigenvalue weighted by molar-refractivity contribution is -0.127. The van der Waals surface area contributed by atoms with Crippen LogP contribution in [0.5, 0.6) is 0 Å². The molecule has 2 rings (SSSR count). The zero-order valence-corrected chi connectivity index (χ0v) is 20.8. The van der Waals surface area contributed by atoms with E-state index in [1.54, 1.807) is 14.1 Å². The quantitative estimate of drug-likeness (QED) is 0.226. The lowest BCUT2D eigenvalue weighted by atomic mass is 10.2. The maximum absolute atomic E-state index is 11.9. The molecule has 1 aromatic heterocycles. The first-order valence-electron chi connectivity index (χ1n) is 9.94. The molecule has 0 fully saturated rings. The number of hydrogen-bond acceptors (Lipinski definition) is 4. The molecule has 2 N–H and O–H groups in total. The van der Waals surface area contributed by atoms with Crippen LogP contribution < -0.4 is 15.5 Å². The van der Waals surface area contributed by atoms with E-state index >= 15 is 0 Å². The van der Waals surface area contributed by atoms with E-state index in [0.717, 1.165) is 31.0 Å². The van der Waals surface area contributed by atoms with Crippen molar-refractivity contribution in [3.8, 4) is 0 Å². The van der Waals surface area contributed by atoms with Gasteiger partial charge in [-0.2, -0.15) is 0 Å². The zero-order chi connectivity index (χ0) is 21.2. The number of guanidine groups is 1. The monoisotopic (exact) mass is 527 g/mol. The summed E-state index contributed by atoms with van der Waals surface area (Å²) in [7, 11) is 5.54. The molecule has 1 aromatic carbocycles. The van der Waals surface area contributed by atoms with Crippen LogP contribution in [0.4, 0.5) is 5.69 Å². The second-order valence-corrected chi connectivity index (χ2v) is 7.30. The van der Waals surface area contributed by atoms with Gasteiger partial charge in [0.25, 0.3) is 0 Å². The van der Waals surface area contributed by atoms with Crippen molar-refractivity contribution in [3.63, 3.8) is 0 Å². The molecule has 1 unspecified atom stereocenters. The molecular weight excluding hydrogens is 493 g/mol. The van der Waals surface area contributed by atoms with E-state index in [-0.39, 0.29) is 42.5 Å². The number of aryl methyl sites for hydroxylation is 1. The van der Waals surface area contributed by atoms with Crippen molar-refractivity contribution in [2.45, 2.75) is 26.3 Å². The minimum absolute atomic E-state index is 0. The topological polar surface area (TPSA) is 73.1 Å². The molecule has 0 aliphatic rings. The number of aliphatic imine (C=N–C) groups is 1. The smallest absolute Gasteiger partial charge is 0.243 e. The van der Waals surface area contributed by atoms with Gasteiger partial charge in [-0.1, -0.05) is 18.2 Å². The van der Waals surface area contributed by atoms with Gasteiger partial charge in [0.05, 0.1) is 6.04 Å². The Kier molecular flexibility index (Phi) is 11.3. The van der Waals surface area contributed by atoms with E-state index in [9.17, 15) is 4.79 Å². The highest BCUT2D eigenvalue weighted by Gasteiger charge is 2.12. The summed E-state index contributed by atoms with van der Waals surface area (Å²) in [5.41, 5.74) is 1.19. The van der Waals surface area contributed by atoms with E-state index in [1.807, 2.05) is 44.2 Å². The minimum atomic E-state index is -0.0589. The van der Waals surface area contributed by atoms with Crippen molar-refractivity contribution in [1.29, 1.82) is 0 Å². The van der Waals surface area contributed by atoms with Gasteiger partial charge in [0.15, 0.2) is 5.96 Å².